The number of hydrogen-bond donors (Lipinski definition) is 0. The summed E-state index contributed by atoms with van der Waals surface area (Å²) in [7, 11) is 1.33. The molecule has 0 amide bonds. The first-order valence-electron chi connectivity index (χ1n) is 8.44. The summed E-state index contributed by atoms with van der Waals surface area (Å²) in [6.07, 6.45) is 0. The van der Waals surface area contributed by atoms with Crippen molar-refractivity contribution in [2.24, 2.45) is 0 Å². The summed E-state index contributed by atoms with van der Waals surface area (Å²) in [4.78, 5) is 16.5. The highest BCUT2D eigenvalue weighted by molar-refractivity contribution is 7.07. The second-order valence-electron chi connectivity index (χ2n) is 5.74. The van der Waals surface area contributed by atoms with Crippen LogP contribution >= 0.6 is 11.3 Å². The first-order chi connectivity index (χ1) is 14.0. The molecule has 0 radical (unpaired) electrons. The van der Waals surface area contributed by atoms with E-state index in [0.717, 1.165) is 5.69 Å². The number of nitrogens with zero attached hydrogens (tertiary/aromatic N) is 1. The van der Waals surface area contributed by atoms with Crippen LogP contribution in [0.15, 0.2) is 53.4 Å². The Hall–Kier alpha value is -3.20. The molecule has 0 unspecified atom stereocenters. The van der Waals surface area contributed by atoms with Crippen molar-refractivity contribution in [3.8, 4) is 17.2 Å². The molecule has 3 aromatic rings. The van der Waals surface area contributed by atoms with E-state index in [0.29, 0.717) is 23.5 Å². The van der Waals surface area contributed by atoms with E-state index in [1.54, 1.807) is 29.8 Å². The van der Waals surface area contributed by atoms with Gasteiger partial charge in [-0.2, -0.15) is 8.78 Å². The van der Waals surface area contributed by atoms with Gasteiger partial charge < -0.3 is 18.9 Å². The topological polar surface area (TPSA) is 66.9 Å². The number of benzene rings is 2. The van der Waals surface area contributed by atoms with Crippen LogP contribution in [0.1, 0.15) is 21.6 Å². The Balaban J connectivity index is 1.59. The Morgan fingerprint density at radius 1 is 1.14 bits per heavy atom. The third kappa shape index (κ3) is 5.89. The number of halogens is 2. The average Bonchev–Trinajstić information content (AvgIpc) is 3.24. The minimum atomic E-state index is -2.96. The van der Waals surface area contributed by atoms with E-state index < -0.39 is 12.6 Å². The van der Waals surface area contributed by atoms with Gasteiger partial charge >= 0.3 is 12.6 Å². The van der Waals surface area contributed by atoms with Crippen LogP contribution in [0, 0.1) is 0 Å². The number of aromatic nitrogens is 1. The van der Waals surface area contributed by atoms with Crippen LogP contribution < -0.4 is 14.2 Å². The largest absolute Gasteiger partial charge is 0.493 e. The van der Waals surface area contributed by atoms with Gasteiger partial charge in [0.15, 0.2) is 11.5 Å². The first-order valence-corrected chi connectivity index (χ1v) is 9.38. The van der Waals surface area contributed by atoms with Crippen LogP contribution in [0.5, 0.6) is 17.2 Å². The van der Waals surface area contributed by atoms with Gasteiger partial charge in [-0.25, -0.2) is 9.78 Å². The maximum atomic E-state index is 12.4. The van der Waals surface area contributed by atoms with Crippen molar-refractivity contribution in [1.29, 1.82) is 0 Å². The summed E-state index contributed by atoms with van der Waals surface area (Å²) in [6, 6.07) is 10.9. The molecule has 9 heteroatoms. The van der Waals surface area contributed by atoms with Gasteiger partial charge in [-0.15, -0.1) is 11.3 Å². The molecule has 0 saturated heterocycles. The van der Waals surface area contributed by atoms with Gasteiger partial charge in [0.1, 0.15) is 19.0 Å². The number of esters is 1. The van der Waals surface area contributed by atoms with Crippen molar-refractivity contribution >= 4 is 17.3 Å². The molecule has 0 aliphatic carbocycles. The van der Waals surface area contributed by atoms with Crippen LogP contribution in [-0.4, -0.2) is 24.7 Å². The van der Waals surface area contributed by atoms with Gasteiger partial charge in [0.2, 0.25) is 0 Å². The normalized spacial score (nSPS) is 10.6. The molecular weight excluding hydrogens is 404 g/mol. The van der Waals surface area contributed by atoms with E-state index in [1.165, 1.54) is 36.6 Å². The third-order valence-corrected chi connectivity index (χ3v) is 4.39. The van der Waals surface area contributed by atoms with Gasteiger partial charge in [0.25, 0.3) is 0 Å². The standard InChI is InChI=1S/C20H17F2NO5S/c1-25-18-7-13(5-6-17(18)28-20(21)22)9-27-19(24)14-3-2-4-16(8-14)26-10-15-11-29-12-23-15/h2-8,11-12,20H,9-10H2,1H3. The molecule has 0 atom stereocenters. The van der Waals surface area contributed by atoms with Crippen LogP contribution in [0.3, 0.4) is 0 Å². The molecule has 0 saturated carbocycles. The molecule has 0 aliphatic heterocycles. The second-order valence-corrected chi connectivity index (χ2v) is 6.45. The van der Waals surface area contributed by atoms with E-state index in [9.17, 15) is 13.6 Å². The Kier molecular flexibility index (Phi) is 6.96. The molecule has 0 N–H and O–H groups in total. The number of rotatable bonds is 9. The first kappa shape index (κ1) is 20.5. The molecule has 0 fully saturated rings. The maximum absolute atomic E-state index is 12.4. The lowest BCUT2D eigenvalue weighted by molar-refractivity contribution is -0.0512. The minimum Gasteiger partial charge on any atom is -0.493 e. The number of carbonyl (C=O) groups is 1. The summed E-state index contributed by atoms with van der Waals surface area (Å²) in [5.74, 6) is -0.00238. The number of alkyl halides is 2. The highest BCUT2D eigenvalue weighted by Gasteiger charge is 2.13. The minimum absolute atomic E-state index is 0.0614. The van der Waals surface area contributed by atoms with Crippen molar-refractivity contribution < 1.29 is 32.5 Å². The lowest BCUT2D eigenvalue weighted by Gasteiger charge is -2.12. The highest BCUT2D eigenvalue weighted by Crippen LogP contribution is 2.29. The summed E-state index contributed by atoms with van der Waals surface area (Å²) < 4.78 is 45.1. The molecule has 1 aromatic heterocycles. The van der Waals surface area contributed by atoms with Crippen molar-refractivity contribution in [3.63, 3.8) is 0 Å². The van der Waals surface area contributed by atoms with Crippen molar-refractivity contribution in [1.82, 2.24) is 4.98 Å². The van der Waals surface area contributed by atoms with Crippen molar-refractivity contribution in [2.75, 3.05) is 7.11 Å². The SMILES string of the molecule is COc1cc(COC(=O)c2cccc(OCc3cscn3)c2)ccc1OC(F)F. The zero-order valence-corrected chi connectivity index (χ0v) is 16.2. The quantitative estimate of drug-likeness (QED) is 0.467. The summed E-state index contributed by atoms with van der Waals surface area (Å²) in [5.41, 5.74) is 3.41. The zero-order chi connectivity index (χ0) is 20.6. The van der Waals surface area contributed by atoms with Crippen molar-refractivity contribution in [3.05, 3.63) is 70.2 Å². The molecule has 0 spiro atoms. The van der Waals surface area contributed by atoms with E-state index >= 15 is 0 Å². The van der Waals surface area contributed by atoms with Gasteiger partial charge in [0, 0.05) is 5.38 Å². The van der Waals surface area contributed by atoms with Crippen LogP contribution in [0.25, 0.3) is 0 Å². The average molecular weight is 421 g/mol. The molecule has 3 rings (SSSR count). The molecule has 1 heterocycles. The second kappa shape index (κ2) is 9.83. The van der Waals surface area contributed by atoms with E-state index in [2.05, 4.69) is 9.72 Å². The maximum Gasteiger partial charge on any atom is 0.387 e. The smallest absolute Gasteiger partial charge is 0.387 e. The summed E-state index contributed by atoms with van der Waals surface area (Å²) in [6.45, 7) is -2.72. The molecule has 6 nitrogen and oxygen atoms in total. The van der Waals surface area contributed by atoms with Gasteiger partial charge in [-0.1, -0.05) is 12.1 Å². The molecule has 152 valence electrons. The third-order valence-electron chi connectivity index (χ3n) is 3.75. The molecule has 0 aliphatic rings. The fraction of sp³-hybridized carbons (Fsp3) is 0.200. The van der Waals surface area contributed by atoms with E-state index in [-0.39, 0.29) is 18.1 Å². The fourth-order valence-corrected chi connectivity index (χ4v) is 2.95. The van der Waals surface area contributed by atoms with Gasteiger partial charge in [-0.05, 0) is 35.9 Å². The fourth-order valence-electron chi connectivity index (χ4n) is 2.41. The molecule has 29 heavy (non-hydrogen) atoms. The molecule has 0 bridgehead atoms. The van der Waals surface area contributed by atoms with Gasteiger partial charge in [-0.3, -0.25) is 0 Å². The number of methoxy groups -OCH3 is 1. The van der Waals surface area contributed by atoms with Gasteiger partial charge in [0.05, 0.1) is 23.9 Å². The van der Waals surface area contributed by atoms with Crippen LogP contribution in [0.4, 0.5) is 8.78 Å². The number of carbonyl (C=O) groups excluding carboxylic acids is 1. The van der Waals surface area contributed by atoms with E-state index in [4.69, 9.17) is 14.2 Å². The Bertz CT molecular complexity index is 950. The Labute approximate surface area is 169 Å². The monoisotopic (exact) mass is 421 g/mol. The summed E-state index contributed by atoms with van der Waals surface area (Å²) >= 11 is 1.47. The number of ether oxygens (including phenoxy) is 4. The predicted octanol–water partition coefficient (Wildman–Crippen LogP) is 4.69. The summed E-state index contributed by atoms with van der Waals surface area (Å²) in [5, 5.41) is 1.88. The lowest BCUT2D eigenvalue weighted by Crippen LogP contribution is -2.07. The Morgan fingerprint density at radius 3 is 2.72 bits per heavy atom. The lowest BCUT2D eigenvalue weighted by atomic mass is 10.2. The predicted molar refractivity (Wildman–Crippen MR) is 102 cm³/mol. The van der Waals surface area contributed by atoms with Crippen molar-refractivity contribution in [2.45, 2.75) is 19.8 Å². The Morgan fingerprint density at radius 2 is 2.00 bits per heavy atom. The molecular formula is C20H17F2NO5S. The number of hydrogen-bond acceptors (Lipinski definition) is 7. The molecule has 2 aromatic carbocycles. The van der Waals surface area contributed by atoms with E-state index in [1.807, 2.05) is 5.38 Å². The zero-order valence-electron chi connectivity index (χ0n) is 15.3. The number of thiazole rings is 1. The van der Waals surface area contributed by atoms with Crippen LogP contribution in [-0.2, 0) is 18.0 Å². The van der Waals surface area contributed by atoms with Crippen LogP contribution in [0.2, 0.25) is 0 Å². The highest BCUT2D eigenvalue weighted by atomic mass is 32.1.